The Kier molecular flexibility index (Phi) is 4.91. The highest BCUT2D eigenvalue weighted by atomic mass is 15.8. The van der Waals surface area contributed by atoms with E-state index < -0.39 is 0 Å². The van der Waals surface area contributed by atoms with Gasteiger partial charge in [-0.15, -0.1) is 0 Å². The van der Waals surface area contributed by atoms with E-state index in [1.165, 1.54) is 38.8 Å². The van der Waals surface area contributed by atoms with E-state index in [1.54, 1.807) is 0 Å². The van der Waals surface area contributed by atoms with Gasteiger partial charge in [-0.1, -0.05) is 0 Å². The molecule has 0 amide bonds. The lowest BCUT2D eigenvalue weighted by atomic mass is 9.89. The molecule has 0 aliphatic carbocycles. The Morgan fingerprint density at radius 2 is 1.45 bits per heavy atom. The fraction of sp³-hybridized carbons (Fsp3) is 1.00. The molecule has 3 fully saturated rings. The second kappa shape index (κ2) is 6.68. The highest BCUT2D eigenvalue weighted by Crippen LogP contribution is 2.27. The number of hydrogen-bond donors (Lipinski definition) is 2. The van der Waals surface area contributed by atoms with Crippen LogP contribution in [0.15, 0.2) is 0 Å². The summed E-state index contributed by atoms with van der Waals surface area (Å²) in [6, 6.07) is 1.45. The van der Waals surface area contributed by atoms with E-state index in [9.17, 15) is 0 Å². The van der Waals surface area contributed by atoms with Crippen LogP contribution >= 0.6 is 0 Å². The average Bonchev–Trinajstić information content (AvgIpc) is 2.49. The van der Waals surface area contributed by atoms with Crippen molar-refractivity contribution in [1.82, 2.24) is 30.9 Å². The second-order valence-corrected chi connectivity index (χ2v) is 6.39. The van der Waals surface area contributed by atoms with E-state index >= 15 is 0 Å². The minimum Gasteiger partial charge on any atom is -0.302 e. The van der Waals surface area contributed by atoms with Gasteiger partial charge in [0.1, 0.15) is 0 Å². The minimum absolute atomic E-state index is 0.699. The maximum atomic E-state index is 3.71. The number of piperidine rings is 2. The number of likely N-dealkylation sites (N-methyl/N-ethyl adjacent to an activating group) is 1. The van der Waals surface area contributed by atoms with Crippen LogP contribution in [-0.2, 0) is 0 Å². The summed E-state index contributed by atoms with van der Waals surface area (Å²) >= 11 is 0. The molecule has 116 valence electrons. The summed E-state index contributed by atoms with van der Waals surface area (Å²) in [5.74, 6) is 0. The summed E-state index contributed by atoms with van der Waals surface area (Å²) in [5, 5.41) is 7.20. The van der Waals surface area contributed by atoms with Crippen molar-refractivity contribution in [3.63, 3.8) is 0 Å². The fourth-order valence-corrected chi connectivity index (χ4v) is 3.95. The highest BCUT2D eigenvalue weighted by Gasteiger charge is 2.37. The van der Waals surface area contributed by atoms with Crippen LogP contribution < -0.4 is 11.0 Å². The Morgan fingerprint density at radius 1 is 0.800 bits per heavy atom. The van der Waals surface area contributed by atoms with Crippen LogP contribution in [-0.4, -0.2) is 85.4 Å². The highest BCUT2D eigenvalue weighted by molar-refractivity contribution is 4.91. The van der Waals surface area contributed by atoms with Gasteiger partial charge < -0.3 is 4.90 Å². The number of hydrazine groups is 3. The summed E-state index contributed by atoms with van der Waals surface area (Å²) in [5.41, 5.74) is 6.95. The van der Waals surface area contributed by atoms with E-state index in [2.05, 4.69) is 37.9 Å². The standard InChI is InChI=1S/C14H30N6/c1-15-18-9-11-19(12-10-18)16-20-8-4-5-13-14(20)6-3-7-17(13)2/h13-16H,3-12H2,1-2H3. The third-order valence-electron chi connectivity index (χ3n) is 5.19. The van der Waals surface area contributed by atoms with Crippen LogP contribution in [0.25, 0.3) is 0 Å². The van der Waals surface area contributed by atoms with Gasteiger partial charge in [0.15, 0.2) is 0 Å². The molecule has 6 nitrogen and oxygen atoms in total. The molecule has 0 saturated carbocycles. The SMILES string of the molecule is CNN1CCN(NN2CCCC3C2CCCN3C)CC1. The largest absolute Gasteiger partial charge is 0.302 e. The summed E-state index contributed by atoms with van der Waals surface area (Å²) in [7, 11) is 4.31. The van der Waals surface area contributed by atoms with Gasteiger partial charge in [-0.3, -0.25) is 5.43 Å². The van der Waals surface area contributed by atoms with Gasteiger partial charge >= 0.3 is 0 Å². The quantitative estimate of drug-likeness (QED) is 0.741. The molecule has 0 aromatic rings. The molecule has 2 atom stereocenters. The Bertz CT molecular complexity index is 304. The first-order chi connectivity index (χ1) is 9.78. The summed E-state index contributed by atoms with van der Waals surface area (Å²) < 4.78 is 0. The first-order valence-corrected chi connectivity index (χ1v) is 8.18. The van der Waals surface area contributed by atoms with Crippen LogP contribution in [0.3, 0.4) is 0 Å². The van der Waals surface area contributed by atoms with Crippen molar-refractivity contribution < 1.29 is 0 Å². The molecule has 2 unspecified atom stereocenters. The summed E-state index contributed by atoms with van der Waals surface area (Å²) in [4.78, 5) is 2.57. The topological polar surface area (TPSA) is 37.0 Å². The number of rotatable bonds is 3. The van der Waals surface area contributed by atoms with E-state index in [0.29, 0.717) is 6.04 Å². The lowest BCUT2D eigenvalue weighted by Crippen LogP contribution is -2.66. The Labute approximate surface area is 123 Å². The number of nitrogens with one attached hydrogen (secondary N) is 2. The van der Waals surface area contributed by atoms with Crippen LogP contribution in [0.5, 0.6) is 0 Å². The molecule has 0 aromatic heterocycles. The minimum atomic E-state index is 0.699. The van der Waals surface area contributed by atoms with Crippen molar-refractivity contribution in [2.45, 2.75) is 37.8 Å². The monoisotopic (exact) mass is 282 g/mol. The first-order valence-electron chi connectivity index (χ1n) is 8.18. The number of nitrogens with zero attached hydrogens (tertiary/aromatic N) is 4. The normalized spacial score (nSPS) is 35.1. The predicted molar refractivity (Wildman–Crippen MR) is 80.7 cm³/mol. The van der Waals surface area contributed by atoms with Gasteiger partial charge in [-0.2, -0.15) is 5.53 Å². The van der Waals surface area contributed by atoms with Crippen LogP contribution in [0, 0.1) is 0 Å². The van der Waals surface area contributed by atoms with Gasteiger partial charge in [0.05, 0.1) is 0 Å². The molecule has 6 heteroatoms. The zero-order valence-corrected chi connectivity index (χ0v) is 13.0. The number of hydrogen-bond acceptors (Lipinski definition) is 6. The third kappa shape index (κ3) is 3.16. The molecule has 3 saturated heterocycles. The van der Waals surface area contributed by atoms with Gasteiger partial charge in [0.2, 0.25) is 0 Å². The van der Waals surface area contributed by atoms with E-state index in [1.807, 2.05) is 7.05 Å². The van der Waals surface area contributed by atoms with E-state index in [0.717, 1.165) is 32.2 Å². The first kappa shape index (κ1) is 14.7. The molecular formula is C14H30N6. The fourth-order valence-electron chi connectivity index (χ4n) is 3.95. The predicted octanol–water partition coefficient (Wildman–Crippen LogP) is -0.283. The van der Waals surface area contributed by atoms with Gasteiger partial charge in [0, 0.05) is 44.8 Å². The van der Waals surface area contributed by atoms with Gasteiger partial charge in [0.25, 0.3) is 0 Å². The Hall–Kier alpha value is -0.240. The molecule has 0 spiro atoms. The van der Waals surface area contributed by atoms with Crippen molar-refractivity contribution in [2.75, 3.05) is 53.4 Å². The number of piperazine rings is 1. The zero-order valence-electron chi connectivity index (χ0n) is 13.0. The van der Waals surface area contributed by atoms with Crippen LogP contribution in [0.4, 0.5) is 0 Å². The van der Waals surface area contributed by atoms with Crippen LogP contribution in [0.2, 0.25) is 0 Å². The molecular weight excluding hydrogens is 252 g/mol. The molecule has 2 N–H and O–H groups in total. The van der Waals surface area contributed by atoms with Crippen LogP contribution in [0.1, 0.15) is 25.7 Å². The third-order valence-corrected chi connectivity index (χ3v) is 5.19. The van der Waals surface area contributed by atoms with Crippen molar-refractivity contribution in [3.8, 4) is 0 Å². The maximum absolute atomic E-state index is 3.71. The number of likely N-dealkylation sites (tertiary alicyclic amines) is 1. The zero-order chi connectivity index (χ0) is 13.9. The van der Waals surface area contributed by atoms with Gasteiger partial charge in [-0.05, 0) is 46.3 Å². The lowest BCUT2D eigenvalue weighted by molar-refractivity contribution is -0.0850. The van der Waals surface area contributed by atoms with Crippen molar-refractivity contribution >= 4 is 0 Å². The maximum Gasteiger partial charge on any atom is 0.0412 e. The number of fused-ring (bicyclic) bond motifs is 1. The van der Waals surface area contributed by atoms with Gasteiger partial charge in [-0.25, -0.2) is 15.0 Å². The molecule has 3 heterocycles. The molecule has 0 aromatic carbocycles. The summed E-state index contributed by atoms with van der Waals surface area (Å²) in [6.07, 6.45) is 5.36. The van der Waals surface area contributed by atoms with E-state index in [4.69, 9.17) is 0 Å². The lowest BCUT2D eigenvalue weighted by Gasteiger charge is -2.50. The molecule has 3 rings (SSSR count). The van der Waals surface area contributed by atoms with Crippen molar-refractivity contribution in [2.24, 2.45) is 0 Å². The van der Waals surface area contributed by atoms with Crippen molar-refractivity contribution in [3.05, 3.63) is 0 Å². The second-order valence-electron chi connectivity index (χ2n) is 6.39. The smallest absolute Gasteiger partial charge is 0.0412 e. The van der Waals surface area contributed by atoms with Crippen molar-refractivity contribution in [1.29, 1.82) is 0 Å². The van der Waals surface area contributed by atoms with E-state index in [-0.39, 0.29) is 0 Å². The summed E-state index contributed by atoms with van der Waals surface area (Å²) in [6.45, 7) is 6.82. The molecule has 0 bridgehead atoms. The molecule has 0 radical (unpaired) electrons. The Balaban J connectivity index is 1.54. The Morgan fingerprint density at radius 3 is 2.20 bits per heavy atom. The molecule has 3 aliphatic rings. The average molecular weight is 282 g/mol. The molecule has 20 heavy (non-hydrogen) atoms. The molecule has 3 aliphatic heterocycles.